The zero-order chi connectivity index (χ0) is 13.7. The third-order valence-electron chi connectivity index (χ3n) is 2.26. The van der Waals surface area contributed by atoms with E-state index in [1.165, 1.54) is 25.1 Å². The van der Waals surface area contributed by atoms with Crippen molar-refractivity contribution in [3.63, 3.8) is 0 Å². The summed E-state index contributed by atoms with van der Waals surface area (Å²) in [7, 11) is 0. The van der Waals surface area contributed by atoms with Crippen LogP contribution in [0, 0.1) is 5.82 Å². The van der Waals surface area contributed by atoms with Crippen LogP contribution in [0.15, 0.2) is 29.8 Å². The van der Waals surface area contributed by atoms with Gasteiger partial charge >= 0.3 is 5.97 Å². The van der Waals surface area contributed by atoms with E-state index in [4.69, 9.17) is 10.5 Å². The Labute approximate surface area is 104 Å². The van der Waals surface area contributed by atoms with Crippen LogP contribution >= 0.6 is 0 Å². The first-order chi connectivity index (χ1) is 8.49. The molecule has 0 aliphatic heterocycles. The molecule has 0 unspecified atom stereocenters. The van der Waals surface area contributed by atoms with E-state index >= 15 is 0 Å². The molecule has 5 heteroatoms. The molecular weight excluding hydrogens is 237 g/mol. The molecule has 2 N–H and O–H groups in total. The number of ether oxygens (including phenoxy) is 1. The van der Waals surface area contributed by atoms with Crippen LogP contribution in [-0.2, 0) is 14.3 Å². The van der Waals surface area contributed by atoms with Gasteiger partial charge < -0.3 is 10.5 Å². The van der Waals surface area contributed by atoms with Crippen LogP contribution in [0.4, 0.5) is 4.39 Å². The van der Waals surface area contributed by atoms with Crippen molar-refractivity contribution in [1.29, 1.82) is 0 Å². The highest BCUT2D eigenvalue weighted by Gasteiger charge is 2.22. The predicted octanol–water partition coefficient (Wildman–Crippen LogP) is 1.65. The van der Waals surface area contributed by atoms with Gasteiger partial charge in [-0.3, -0.25) is 4.79 Å². The highest BCUT2D eigenvalue weighted by atomic mass is 19.1. The van der Waals surface area contributed by atoms with Crippen LogP contribution in [0.25, 0.3) is 5.70 Å². The van der Waals surface area contributed by atoms with Gasteiger partial charge in [-0.2, -0.15) is 0 Å². The highest BCUT2D eigenvalue weighted by molar-refractivity contribution is 6.21. The maximum atomic E-state index is 13.5. The van der Waals surface area contributed by atoms with E-state index in [1.807, 2.05) is 0 Å². The Morgan fingerprint density at radius 1 is 1.33 bits per heavy atom. The standard InChI is InChI=1S/C13H14FNO3/c1-3-18-13(17)11(8(2)16)12(15)9-6-4-5-7-10(9)14/h4-7H,3,15H2,1-2H3. The van der Waals surface area contributed by atoms with Crippen molar-refractivity contribution in [2.75, 3.05) is 6.61 Å². The lowest BCUT2D eigenvalue weighted by molar-refractivity contribution is -0.139. The topological polar surface area (TPSA) is 69.4 Å². The Hall–Kier alpha value is -2.17. The second kappa shape index (κ2) is 5.95. The Morgan fingerprint density at radius 3 is 2.44 bits per heavy atom. The van der Waals surface area contributed by atoms with Crippen LogP contribution in [0.1, 0.15) is 19.4 Å². The minimum atomic E-state index is -0.842. The molecule has 0 atom stereocenters. The number of esters is 1. The van der Waals surface area contributed by atoms with Crippen molar-refractivity contribution in [3.8, 4) is 0 Å². The van der Waals surface area contributed by atoms with Crippen LogP contribution in [0.5, 0.6) is 0 Å². The Morgan fingerprint density at radius 2 is 1.94 bits per heavy atom. The molecule has 0 aromatic heterocycles. The molecule has 1 aromatic carbocycles. The smallest absolute Gasteiger partial charge is 0.343 e. The van der Waals surface area contributed by atoms with Gasteiger partial charge in [0.15, 0.2) is 5.78 Å². The second-order valence-electron chi connectivity index (χ2n) is 3.55. The number of rotatable bonds is 4. The lowest BCUT2D eigenvalue weighted by Crippen LogP contribution is -2.19. The summed E-state index contributed by atoms with van der Waals surface area (Å²) in [6.07, 6.45) is 0. The molecule has 18 heavy (non-hydrogen) atoms. The lowest BCUT2D eigenvalue weighted by Gasteiger charge is -2.09. The third kappa shape index (κ3) is 2.94. The van der Waals surface area contributed by atoms with E-state index in [0.29, 0.717) is 0 Å². The predicted molar refractivity (Wildman–Crippen MR) is 64.8 cm³/mol. The number of carbonyl (C=O) groups excluding carboxylic acids is 2. The third-order valence-corrected chi connectivity index (χ3v) is 2.26. The largest absolute Gasteiger partial charge is 0.462 e. The summed E-state index contributed by atoms with van der Waals surface area (Å²) >= 11 is 0. The first-order valence-electron chi connectivity index (χ1n) is 5.41. The number of ketones is 1. The molecular formula is C13H14FNO3. The Balaban J connectivity index is 3.33. The van der Waals surface area contributed by atoms with E-state index in [1.54, 1.807) is 13.0 Å². The van der Waals surface area contributed by atoms with Crippen LogP contribution < -0.4 is 5.73 Å². The first-order valence-corrected chi connectivity index (χ1v) is 5.41. The fourth-order valence-corrected chi connectivity index (χ4v) is 1.46. The number of halogens is 1. The van der Waals surface area contributed by atoms with Gasteiger partial charge in [-0.05, 0) is 26.0 Å². The number of hydrogen-bond donors (Lipinski definition) is 1. The van der Waals surface area contributed by atoms with Crippen molar-refractivity contribution >= 4 is 17.4 Å². The molecule has 4 nitrogen and oxygen atoms in total. The molecule has 0 saturated heterocycles. The van der Waals surface area contributed by atoms with E-state index in [0.717, 1.165) is 0 Å². The zero-order valence-corrected chi connectivity index (χ0v) is 10.2. The summed E-state index contributed by atoms with van der Waals surface area (Å²) in [6.45, 7) is 2.90. The molecule has 0 aliphatic rings. The molecule has 0 amide bonds. The molecule has 96 valence electrons. The Bertz CT molecular complexity index is 509. The van der Waals surface area contributed by atoms with Gasteiger partial charge in [-0.15, -0.1) is 0 Å². The van der Waals surface area contributed by atoms with E-state index in [2.05, 4.69) is 0 Å². The average molecular weight is 251 g/mol. The van der Waals surface area contributed by atoms with Gasteiger partial charge in [0.2, 0.25) is 0 Å². The van der Waals surface area contributed by atoms with Gasteiger partial charge in [0, 0.05) is 5.56 Å². The summed E-state index contributed by atoms with van der Waals surface area (Å²) in [5.74, 6) is -2.00. The SMILES string of the molecule is CCOC(=O)C(C(C)=O)=C(N)c1ccccc1F. The quantitative estimate of drug-likeness (QED) is 0.382. The molecule has 1 rings (SSSR count). The van der Waals surface area contributed by atoms with Crippen molar-refractivity contribution < 1.29 is 18.7 Å². The average Bonchev–Trinajstić information content (AvgIpc) is 2.29. The fraction of sp³-hybridized carbons (Fsp3) is 0.231. The van der Waals surface area contributed by atoms with Gasteiger partial charge in [0.05, 0.1) is 12.3 Å². The number of hydrogen-bond acceptors (Lipinski definition) is 4. The lowest BCUT2D eigenvalue weighted by atomic mass is 10.0. The summed E-state index contributed by atoms with van der Waals surface area (Å²) in [6, 6.07) is 5.65. The van der Waals surface area contributed by atoms with E-state index in [9.17, 15) is 14.0 Å². The molecule has 0 saturated carbocycles. The number of Topliss-reactive ketones (excluding diaryl/α,β-unsaturated/α-hetero) is 1. The number of nitrogens with two attached hydrogens (primary N) is 1. The van der Waals surface area contributed by atoms with Crippen molar-refractivity contribution in [1.82, 2.24) is 0 Å². The van der Waals surface area contributed by atoms with Gasteiger partial charge in [-0.25, -0.2) is 9.18 Å². The normalized spacial score (nSPS) is 11.7. The minimum absolute atomic E-state index is 0.00996. The summed E-state index contributed by atoms with van der Waals surface area (Å²) in [5, 5.41) is 0. The molecule has 0 bridgehead atoms. The molecule has 0 heterocycles. The highest BCUT2D eigenvalue weighted by Crippen LogP contribution is 2.18. The number of carbonyl (C=O) groups is 2. The summed E-state index contributed by atoms with van der Waals surface area (Å²) in [5.41, 5.74) is 5.16. The Kier molecular flexibility index (Phi) is 4.59. The monoisotopic (exact) mass is 251 g/mol. The van der Waals surface area contributed by atoms with Gasteiger partial charge in [0.1, 0.15) is 11.4 Å². The van der Waals surface area contributed by atoms with Gasteiger partial charge in [-0.1, -0.05) is 12.1 Å². The van der Waals surface area contributed by atoms with Crippen molar-refractivity contribution in [2.24, 2.45) is 5.73 Å². The maximum absolute atomic E-state index is 13.5. The molecule has 1 aromatic rings. The molecule has 0 radical (unpaired) electrons. The minimum Gasteiger partial charge on any atom is -0.462 e. The van der Waals surface area contributed by atoms with Crippen LogP contribution in [0.2, 0.25) is 0 Å². The number of benzene rings is 1. The van der Waals surface area contributed by atoms with Crippen molar-refractivity contribution in [3.05, 3.63) is 41.2 Å². The van der Waals surface area contributed by atoms with Gasteiger partial charge in [0.25, 0.3) is 0 Å². The molecule has 0 aliphatic carbocycles. The first kappa shape index (κ1) is 13.9. The second-order valence-corrected chi connectivity index (χ2v) is 3.55. The van der Waals surface area contributed by atoms with E-state index in [-0.39, 0.29) is 23.4 Å². The fourth-order valence-electron chi connectivity index (χ4n) is 1.46. The summed E-state index contributed by atoms with van der Waals surface area (Å²) in [4.78, 5) is 23.0. The van der Waals surface area contributed by atoms with Crippen molar-refractivity contribution in [2.45, 2.75) is 13.8 Å². The molecule has 0 spiro atoms. The maximum Gasteiger partial charge on any atom is 0.343 e. The zero-order valence-electron chi connectivity index (χ0n) is 10.2. The molecule has 0 fully saturated rings. The summed E-state index contributed by atoms with van der Waals surface area (Å²) < 4.78 is 18.3. The van der Waals surface area contributed by atoms with Crippen LogP contribution in [-0.4, -0.2) is 18.4 Å². The van der Waals surface area contributed by atoms with Crippen LogP contribution in [0.3, 0.4) is 0 Å². The van der Waals surface area contributed by atoms with E-state index < -0.39 is 17.6 Å².